The molecule has 0 saturated carbocycles. The van der Waals surface area contributed by atoms with Crippen molar-refractivity contribution in [2.75, 3.05) is 0 Å². The van der Waals surface area contributed by atoms with Crippen LogP contribution in [-0.4, -0.2) is 15.1 Å². The van der Waals surface area contributed by atoms with Gasteiger partial charge in [0, 0.05) is 37.1 Å². The molecule has 36 heavy (non-hydrogen) atoms. The van der Waals surface area contributed by atoms with E-state index in [0.717, 1.165) is 17.5 Å². The third kappa shape index (κ3) is 4.34. The molecule has 0 radical (unpaired) electrons. The highest BCUT2D eigenvalue weighted by molar-refractivity contribution is 5.79. The normalized spacial score (nSPS) is 14.1. The van der Waals surface area contributed by atoms with E-state index in [1.807, 2.05) is 24.5 Å². The van der Waals surface area contributed by atoms with Gasteiger partial charge < -0.3 is 5.11 Å². The van der Waals surface area contributed by atoms with Gasteiger partial charge in [0.2, 0.25) is 0 Å². The van der Waals surface area contributed by atoms with Crippen molar-refractivity contribution in [3.05, 3.63) is 155 Å². The van der Waals surface area contributed by atoms with Crippen LogP contribution in [0.3, 0.4) is 0 Å². The molecule has 0 fully saturated rings. The van der Waals surface area contributed by atoms with Crippen LogP contribution in [-0.2, 0) is 12.8 Å². The van der Waals surface area contributed by atoms with Crippen LogP contribution in [0.2, 0.25) is 0 Å². The molecule has 3 heteroatoms. The van der Waals surface area contributed by atoms with Gasteiger partial charge in [0.25, 0.3) is 0 Å². The summed E-state index contributed by atoms with van der Waals surface area (Å²) in [4.78, 5) is 8.30. The molecule has 176 valence electrons. The predicted molar refractivity (Wildman–Crippen MR) is 144 cm³/mol. The van der Waals surface area contributed by atoms with E-state index in [1.165, 1.54) is 33.4 Å². The molecule has 6 rings (SSSR count). The van der Waals surface area contributed by atoms with E-state index in [1.54, 1.807) is 12.4 Å². The number of aliphatic hydroxyl groups excluding tert-OH is 1. The fraction of sp³-hybridized carbons (Fsp3) is 0.152. The highest BCUT2D eigenvalue weighted by Crippen LogP contribution is 2.51. The Kier molecular flexibility index (Phi) is 6.15. The molecule has 0 spiro atoms. The lowest BCUT2D eigenvalue weighted by Gasteiger charge is -2.27. The van der Waals surface area contributed by atoms with Crippen LogP contribution in [0.15, 0.2) is 122 Å². The number of hydrogen-bond acceptors (Lipinski definition) is 3. The van der Waals surface area contributed by atoms with Gasteiger partial charge in [0.15, 0.2) is 0 Å². The van der Waals surface area contributed by atoms with Crippen LogP contribution in [0, 0.1) is 0 Å². The average molecular weight is 469 g/mol. The summed E-state index contributed by atoms with van der Waals surface area (Å²) in [5, 5.41) is 10.9. The lowest BCUT2D eigenvalue weighted by atomic mass is 9.76. The molecule has 0 aliphatic heterocycles. The van der Waals surface area contributed by atoms with E-state index in [4.69, 9.17) is 0 Å². The van der Waals surface area contributed by atoms with Crippen molar-refractivity contribution >= 4 is 0 Å². The van der Waals surface area contributed by atoms with Crippen molar-refractivity contribution in [3.8, 4) is 11.1 Å². The van der Waals surface area contributed by atoms with Crippen molar-refractivity contribution < 1.29 is 5.11 Å². The molecular weight excluding hydrogens is 440 g/mol. The van der Waals surface area contributed by atoms with Gasteiger partial charge in [-0.1, -0.05) is 72.8 Å². The Balaban J connectivity index is 1.37. The van der Waals surface area contributed by atoms with Gasteiger partial charge in [-0.2, -0.15) is 0 Å². The molecule has 2 atom stereocenters. The third-order valence-corrected chi connectivity index (χ3v) is 7.42. The summed E-state index contributed by atoms with van der Waals surface area (Å²) >= 11 is 0. The second kappa shape index (κ2) is 9.88. The minimum Gasteiger partial charge on any atom is -0.388 e. The molecule has 2 aromatic heterocycles. The molecule has 2 unspecified atom stereocenters. The first-order chi connectivity index (χ1) is 17.8. The van der Waals surface area contributed by atoms with Crippen molar-refractivity contribution in [3.63, 3.8) is 0 Å². The zero-order valence-corrected chi connectivity index (χ0v) is 20.0. The van der Waals surface area contributed by atoms with Gasteiger partial charge in [0.1, 0.15) is 0 Å². The third-order valence-electron chi connectivity index (χ3n) is 7.42. The molecule has 0 amide bonds. The molecule has 3 nitrogen and oxygen atoms in total. The Labute approximate surface area is 212 Å². The van der Waals surface area contributed by atoms with Gasteiger partial charge in [-0.15, -0.1) is 0 Å². The lowest BCUT2D eigenvalue weighted by molar-refractivity contribution is 0.178. The standard InChI is InChI=1S/C33H28N2O/c36-32(22-24-15-19-35-20-16-24)26-11-9-25(10-12-26)31(21-23-13-17-34-18-14-23)33-29-7-3-1-5-27(29)28-6-2-4-8-30(28)33/h1-20,31-33,36H,21-22H2. The SMILES string of the molecule is OC(Cc1ccncc1)c1ccc(C(Cc2ccncc2)C2c3ccccc3-c3ccccc32)cc1. The van der Waals surface area contributed by atoms with Crippen molar-refractivity contribution in [1.82, 2.24) is 9.97 Å². The Morgan fingerprint density at radius 3 is 1.58 bits per heavy atom. The molecule has 1 aliphatic carbocycles. The quantitative estimate of drug-likeness (QED) is 0.283. The molecule has 3 aromatic carbocycles. The summed E-state index contributed by atoms with van der Waals surface area (Å²) in [5.41, 5.74) is 10.0. The highest BCUT2D eigenvalue weighted by atomic mass is 16.3. The maximum Gasteiger partial charge on any atom is 0.0830 e. The van der Waals surface area contributed by atoms with Crippen LogP contribution in [0.5, 0.6) is 0 Å². The molecule has 1 aliphatic rings. The molecule has 1 N–H and O–H groups in total. The number of benzene rings is 3. The molecule has 5 aromatic rings. The van der Waals surface area contributed by atoms with Crippen LogP contribution < -0.4 is 0 Å². The number of nitrogens with zero attached hydrogens (tertiary/aromatic N) is 2. The number of aliphatic hydroxyl groups is 1. The predicted octanol–water partition coefficient (Wildman–Crippen LogP) is 6.89. The van der Waals surface area contributed by atoms with Gasteiger partial charge in [0.05, 0.1) is 6.10 Å². The van der Waals surface area contributed by atoms with Crippen molar-refractivity contribution in [2.24, 2.45) is 0 Å². The van der Waals surface area contributed by atoms with Gasteiger partial charge in [-0.05, 0) is 81.1 Å². The van der Waals surface area contributed by atoms with E-state index < -0.39 is 6.10 Å². The molecular formula is C33H28N2O. The largest absolute Gasteiger partial charge is 0.388 e. The molecule has 0 saturated heterocycles. The topological polar surface area (TPSA) is 46.0 Å². The van der Waals surface area contributed by atoms with Crippen molar-refractivity contribution in [1.29, 1.82) is 0 Å². The Morgan fingerprint density at radius 1 is 0.556 bits per heavy atom. The van der Waals surface area contributed by atoms with E-state index in [2.05, 4.69) is 94.9 Å². The Bertz CT molecular complexity index is 1400. The number of rotatable bonds is 7. The average Bonchev–Trinajstić information content (AvgIpc) is 3.27. The van der Waals surface area contributed by atoms with Crippen molar-refractivity contribution in [2.45, 2.75) is 30.8 Å². The maximum atomic E-state index is 10.9. The highest BCUT2D eigenvalue weighted by Gasteiger charge is 2.35. The minimum atomic E-state index is -0.548. The lowest BCUT2D eigenvalue weighted by Crippen LogP contribution is -2.14. The number of pyridine rings is 2. The molecule has 0 bridgehead atoms. The second-order valence-electron chi connectivity index (χ2n) is 9.56. The Hall–Kier alpha value is -4.08. The summed E-state index contributed by atoms with van der Waals surface area (Å²) in [5.74, 6) is 0.516. The smallest absolute Gasteiger partial charge is 0.0830 e. The second-order valence-corrected chi connectivity index (χ2v) is 9.56. The minimum absolute atomic E-state index is 0.253. The monoisotopic (exact) mass is 468 g/mol. The van der Waals surface area contributed by atoms with Crippen LogP contribution >= 0.6 is 0 Å². The number of aromatic nitrogens is 2. The number of hydrogen-bond donors (Lipinski definition) is 1. The summed E-state index contributed by atoms with van der Waals surface area (Å²) in [7, 11) is 0. The van der Waals surface area contributed by atoms with Crippen LogP contribution in [0.25, 0.3) is 11.1 Å². The first-order valence-corrected chi connectivity index (χ1v) is 12.5. The van der Waals surface area contributed by atoms with Gasteiger partial charge in [-0.3, -0.25) is 9.97 Å². The van der Waals surface area contributed by atoms with Crippen LogP contribution in [0.4, 0.5) is 0 Å². The zero-order valence-electron chi connectivity index (χ0n) is 20.0. The summed E-state index contributed by atoms with van der Waals surface area (Å²) in [6.45, 7) is 0. The van der Waals surface area contributed by atoms with E-state index in [0.29, 0.717) is 6.42 Å². The van der Waals surface area contributed by atoms with E-state index >= 15 is 0 Å². The fourth-order valence-electron chi connectivity index (χ4n) is 5.65. The zero-order chi connectivity index (χ0) is 24.3. The van der Waals surface area contributed by atoms with Gasteiger partial charge >= 0.3 is 0 Å². The first-order valence-electron chi connectivity index (χ1n) is 12.5. The fourth-order valence-corrected chi connectivity index (χ4v) is 5.65. The maximum absolute atomic E-state index is 10.9. The number of fused-ring (bicyclic) bond motifs is 3. The van der Waals surface area contributed by atoms with E-state index in [-0.39, 0.29) is 11.8 Å². The molecule has 2 heterocycles. The Morgan fingerprint density at radius 2 is 1.03 bits per heavy atom. The van der Waals surface area contributed by atoms with Crippen LogP contribution in [0.1, 0.15) is 51.3 Å². The van der Waals surface area contributed by atoms with Gasteiger partial charge in [-0.25, -0.2) is 0 Å². The first kappa shape index (κ1) is 22.4. The van der Waals surface area contributed by atoms with E-state index in [9.17, 15) is 5.11 Å². The summed E-state index contributed by atoms with van der Waals surface area (Å²) in [6.07, 6.45) is 8.23. The summed E-state index contributed by atoms with van der Waals surface area (Å²) < 4.78 is 0. The summed E-state index contributed by atoms with van der Waals surface area (Å²) in [6, 6.07) is 34.4.